The molecule has 1 rings (SSSR count). The molecule has 0 heterocycles. The van der Waals surface area contributed by atoms with Gasteiger partial charge in [-0.3, -0.25) is 0 Å². The SMILES string of the molecule is CCCOCCOC(CNC(C)C)c1ccccc1Br. The van der Waals surface area contributed by atoms with Gasteiger partial charge in [0.25, 0.3) is 0 Å². The van der Waals surface area contributed by atoms with Gasteiger partial charge < -0.3 is 14.8 Å². The van der Waals surface area contributed by atoms with Crippen LogP contribution in [0.5, 0.6) is 0 Å². The third kappa shape index (κ3) is 6.84. The van der Waals surface area contributed by atoms with Crippen LogP contribution < -0.4 is 5.32 Å². The monoisotopic (exact) mass is 343 g/mol. The normalized spacial score (nSPS) is 12.8. The Balaban J connectivity index is 2.54. The standard InChI is InChI=1S/C16H26BrNO2/c1-4-9-19-10-11-20-16(12-18-13(2)3)14-7-5-6-8-15(14)17/h5-8,13,16,18H,4,9-12H2,1-3H3. The zero-order chi connectivity index (χ0) is 14.8. The number of rotatable bonds is 10. The summed E-state index contributed by atoms with van der Waals surface area (Å²) in [7, 11) is 0. The van der Waals surface area contributed by atoms with E-state index in [0.717, 1.165) is 24.0 Å². The van der Waals surface area contributed by atoms with Crippen molar-refractivity contribution >= 4 is 15.9 Å². The molecule has 0 radical (unpaired) electrons. The number of benzene rings is 1. The predicted molar refractivity (Wildman–Crippen MR) is 87.1 cm³/mol. The Bertz CT molecular complexity index is 371. The summed E-state index contributed by atoms with van der Waals surface area (Å²) in [5, 5.41) is 3.44. The molecular formula is C16H26BrNO2. The smallest absolute Gasteiger partial charge is 0.0961 e. The van der Waals surface area contributed by atoms with Crippen LogP contribution in [0.1, 0.15) is 38.9 Å². The van der Waals surface area contributed by atoms with Crippen LogP contribution in [0.2, 0.25) is 0 Å². The molecule has 1 aromatic carbocycles. The molecule has 0 saturated carbocycles. The molecule has 1 aromatic rings. The molecule has 1 unspecified atom stereocenters. The first kappa shape index (κ1) is 17.6. The molecule has 1 atom stereocenters. The molecule has 0 aromatic heterocycles. The lowest BCUT2D eigenvalue weighted by Gasteiger charge is -2.21. The van der Waals surface area contributed by atoms with Gasteiger partial charge in [0.15, 0.2) is 0 Å². The molecule has 1 N–H and O–H groups in total. The summed E-state index contributed by atoms with van der Waals surface area (Å²) < 4.78 is 12.5. The van der Waals surface area contributed by atoms with Gasteiger partial charge in [-0.2, -0.15) is 0 Å². The van der Waals surface area contributed by atoms with Crippen LogP contribution in [-0.4, -0.2) is 32.4 Å². The maximum Gasteiger partial charge on any atom is 0.0961 e. The molecule has 4 heteroatoms. The summed E-state index contributed by atoms with van der Waals surface area (Å²) in [4.78, 5) is 0. The molecule has 0 amide bonds. The van der Waals surface area contributed by atoms with Gasteiger partial charge in [-0.15, -0.1) is 0 Å². The van der Waals surface area contributed by atoms with Crippen molar-refractivity contribution in [1.82, 2.24) is 5.32 Å². The highest BCUT2D eigenvalue weighted by molar-refractivity contribution is 9.10. The Kier molecular flexibility index (Phi) is 9.10. The van der Waals surface area contributed by atoms with Gasteiger partial charge in [0, 0.05) is 23.7 Å². The van der Waals surface area contributed by atoms with Crippen molar-refractivity contribution in [3.8, 4) is 0 Å². The number of hydrogen-bond donors (Lipinski definition) is 1. The maximum absolute atomic E-state index is 5.99. The Labute approximate surface area is 131 Å². The number of halogens is 1. The van der Waals surface area contributed by atoms with E-state index in [1.165, 1.54) is 5.56 Å². The van der Waals surface area contributed by atoms with Crippen LogP contribution in [0, 0.1) is 0 Å². The van der Waals surface area contributed by atoms with Gasteiger partial charge in [0.05, 0.1) is 19.3 Å². The fraction of sp³-hybridized carbons (Fsp3) is 0.625. The van der Waals surface area contributed by atoms with Crippen LogP contribution in [0.25, 0.3) is 0 Å². The fourth-order valence-corrected chi connectivity index (χ4v) is 2.37. The van der Waals surface area contributed by atoms with E-state index in [2.05, 4.69) is 54.2 Å². The zero-order valence-corrected chi connectivity index (χ0v) is 14.3. The lowest BCUT2D eigenvalue weighted by atomic mass is 10.1. The molecule has 0 bridgehead atoms. The largest absolute Gasteiger partial charge is 0.379 e. The summed E-state index contributed by atoms with van der Waals surface area (Å²) in [6, 6.07) is 8.66. The molecule has 0 aliphatic rings. The Morgan fingerprint density at radius 1 is 1.15 bits per heavy atom. The quantitative estimate of drug-likeness (QED) is 0.653. The van der Waals surface area contributed by atoms with Crippen LogP contribution in [-0.2, 0) is 9.47 Å². The van der Waals surface area contributed by atoms with Gasteiger partial charge in [-0.1, -0.05) is 54.9 Å². The van der Waals surface area contributed by atoms with Crippen molar-refractivity contribution in [3.63, 3.8) is 0 Å². The second-order valence-electron chi connectivity index (χ2n) is 5.06. The van der Waals surface area contributed by atoms with Crippen LogP contribution in [0.4, 0.5) is 0 Å². The minimum atomic E-state index is 0.0400. The average Bonchev–Trinajstić information content (AvgIpc) is 2.43. The van der Waals surface area contributed by atoms with Crippen molar-refractivity contribution in [2.24, 2.45) is 0 Å². The van der Waals surface area contributed by atoms with Crippen molar-refractivity contribution < 1.29 is 9.47 Å². The van der Waals surface area contributed by atoms with E-state index in [9.17, 15) is 0 Å². The van der Waals surface area contributed by atoms with E-state index in [4.69, 9.17) is 9.47 Å². The second-order valence-corrected chi connectivity index (χ2v) is 5.91. The number of nitrogens with one attached hydrogen (secondary N) is 1. The van der Waals surface area contributed by atoms with E-state index >= 15 is 0 Å². The molecule has 0 aliphatic carbocycles. The molecule has 3 nitrogen and oxygen atoms in total. The molecule has 0 saturated heterocycles. The second kappa shape index (κ2) is 10.3. The lowest BCUT2D eigenvalue weighted by molar-refractivity contribution is 0.00331. The third-order valence-corrected chi connectivity index (χ3v) is 3.58. The topological polar surface area (TPSA) is 30.5 Å². The first-order valence-electron chi connectivity index (χ1n) is 7.32. The Morgan fingerprint density at radius 3 is 2.55 bits per heavy atom. The van der Waals surface area contributed by atoms with E-state index in [1.54, 1.807) is 0 Å². The van der Waals surface area contributed by atoms with Gasteiger partial charge in [-0.25, -0.2) is 0 Å². The van der Waals surface area contributed by atoms with E-state index in [1.807, 2.05) is 12.1 Å². The first-order valence-corrected chi connectivity index (χ1v) is 8.11. The van der Waals surface area contributed by atoms with Crippen molar-refractivity contribution in [2.75, 3.05) is 26.4 Å². The highest BCUT2D eigenvalue weighted by atomic mass is 79.9. The number of hydrogen-bond acceptors (Lipinski definition) is 3. The van der Waals surface area contributed by atoms with E-state index in [-0.39, 0.29) is 6.10 Å². The average molecular weight is 344 g/mol. The summed E-state index contributed by atoms with van der Waals surface area (Å²) in [5.41, 5.74) is 1.18. The van der Waals surface area contributed by atoms with Gasteiger partial charge >= 0.3 is 0 Å². The first-order chi connectivity index (χ1) is 9.65. The molecular weight excluding hydrogens is 318 g/mol. The number of ether oxygens (including phenoxy) is 2. The summed E-state index contributed by atoms with van der Waals surface area (Å²) in [5.74, 6) is 0. The van der Waals surface area contributed by atoms with E-state index < -0.39 is 0 Å². The molecule has 0 spiro atoms. The van der Waals surface area contributed by atoms with E-state index in [0.29, 0.717) is 19.3 Å². The third-order valence-electron chi connectivity index (χ3n) is 2.86. The minimum absolute atomic E-state index is 0.0400. The Hall–Kier alpha value is -0.420. The van der Waals surface area contributed by atoms with Crippen molar-refractivity contribution in [2.45, 2.75) is 39.3 Å². The highest BCUT2D eigenvalue weighted by Gasteiger charge is 2.15. The summed E-state index contributed by atoms with van der Waals surface area (Å²) in [6.07, 6.45) is 1.08. The predicted octanol–water partition coefficient (Wildman–Crippen LogP) is 3.93. The molecule has 0 fully saturated rings. The van der Waals surface area contributed by atoms with Crippen molar-refractivity contribution in [3.05, 3.63) is 34.3 Å². The fourth-order valence-electron chi connectivity index (χ4n) is 1.83. The molecule has 0 aliphatic heterocycles. The minimum Gasteiger partial charge on any atom is -0.379 e. The zero-order valence-electron chi connectivity index (χ0n) is 12.7. The van der Waals surface area contributed by atoms with Crippen LogP contribution >= 0.6 is 15.9 Å². The van der Waals surface area contributed by atoms with Gasteiger partial charge in [-0.05, 0) is 18.1 Å². The lowest BCUT2D eigenvalue weighted by Crippen LogP contribution is -2.30. The van der Waals surface area contributed by atoms with Crippen molar-refractivity contribution in [1.29, 1.82) is 0 Å². The van der Waals surface area contributed by atoms with Crippen LogP contribution in [0.15, 0.2) is 28.7 Å². The maximum atomic E-state index is 5.99. The van der Waals surface area contributed by atoms with Gasteiger partial charge in [0.2, 0.25) is 0 Å². The van der Waals surface area contributed by atoms with Gasteiger partial charge in [0.1, 0.15) is 0 Å². The van der Waals surface area contributed by atoms with Crippen LogP contribution in [0.3, 0.4) is 0 Å². The summed E-state index contributed by atoms with van der Waals surface area (Å²) in [6.45, 7) is 9.25. The molecule has 20 heavy (non-hydrogen) atoms. The highest BCUT2D eigenvalue weighted by Crippen LogP contribution is 2.25. The Morgan fingerprint density at radius 2 is 1.90 bits per heavy atom. The molecule has 114 valence electrons. The summed E-state index contributed by atoms with van der Waals surface area (Å²) >= 11 is 3.60.